The number of hydrogen-bond acceptors (Lipinski definition) is 2. The summed E-state index contributed by atoms with van der Waals surface area (Å²) in [6.07, 6.45) is 1.32. The molecule has 1 saturated heterocycles. The quantitative estimate of drug-likeness (QED) is 0.710. The van der Waals surface area contributed by atoms with Gasteiger partial charge in [0, 0.05) is 6.42 Å². The second-order valence-corrected chi connectivity index (χ2v) is 3.60. The molecular formula is C8H9BrO2. The van der Waals surface area contributed by atoms with E-state index in [-0.39, 0.29) is 0 Å². The predicted octanol–water partition coefficient (Wildman–Crippen LogP) is 2.29. The number of aryl methyl sites for hydroxylation is 1. The van der Waals surface area contributed by atoms with Gasteiger partial charge in [-0.2, -0.15) is 0 Å². The maximum Gasteiger partial charge on any atom is 0.169 e. The Kier molecular flexibility index (Phi) is 1.77. The summed E-state index contributed by atoms with van der Waals surface area (Å²) < 4.78 is 11.3. The van der Waals surface area contributed by atoms with E-state index in [1.807, 2.05) is 13.0 Å². The van der Waals surface area contributed by atoms with Gasteiger partial charge in [-0.25, -0.2) is 0 Å². The third-order valence-corrected chi connectivity index (χ3v) is 2.20. The van der Waals surface area contributed by atoms with Crippen molar-refractivity contribution in [2.75, 3.05) is 6.61 Å². The number of rotatable bonds is 2. The maximum atomic E-state index is 5.40. The first-order valence-corrected chi connectivity index (χ1v) is 4.41. The molecule has 0 saturated carbocycles. The van der Waals surface area contributed by atoms with Crippen LogP contribution < -0.4 is 0 Å². The van der Waals surface area contributed by atoms with Gasteiger partial charge >= 0.3 is 0 Å². The summed E-state index contributed by atoms with van der Waals surface area (Å²) in [5.41, 5.74) is 1.20. The largest absolute Gasteiger partial charge is 0.454 e. The zero-order valence-corrected chi connectivity index (χ0v) is 7.85. The van der Waals surface area contributed by atoms with E-state index < -0.39 is 0 Å². The van der Waals surface area contributed by atoms with Gasteiger partial charge in [0.1, 0.15) is 5.76 Å². The molecule has 0 amide bonds. The van der Waals surface area contributed by atoms with E-state index in [2.05, 4.69) is 15.9 Å². The van der Waals surface area contributed by atoms with Crippen LogP contribution >= 0.6 is 15.9 Å². The molecule has 0 radical (unpaired) electrons. The van der Waals surface area contributed by atoms with Crippen LogP contribution in [-0.2, 0) is 11.2 Å². The number of halogens is 1. The van der Waals surface area contributed by atoms with E-state index in [1.165, 1.54) is 5.56 Å². The van der Waals surface area contributed by atoms with Gasteiger partial charge in [-0.1, -0.05) is 0 Å². The normalized spacial score (nSPS) is 22.2. The van der Waals surface area contributed by atoms with Crippen LogP contribution in [-0.4, -0.2) is 12.7 Å². The lowest BCUT2D eigenvalue weighted by Gasteiger charge is -1.91. The Morgan fingerprint density at radius 3 is 2.91 bits per heavy atom. The summed E-state index contributed by atoms with van der Waals surface area (Å²) in [4.78, 5) is 0. The standard InChI is InChI=1S/C8H9BrO2/c1-5-2-8(9)11-7(5)3-6-4-10-6/h2,6H,3-4H2,1H3. The number of hydrogen-bond donors (Lipinski definition) is 0. The van der Waals surface area contributed by atoms with Gasteiger partial charge in [0.2, 0.25) is 0 Å². The molecule has 1 aliphatic heterocycles. The third kappa shape index (κ3) is 1.65. The van der Waals surface area contributed by atoms with Crippen LogP contribution in [0.4, 0.5) is 0 Å². The van der Waals surface area contributed by atoms with Crippen LogP contribution in [0.15, 0.2) is 15.2 Å². The molecule has 1 fully saturated rings. The average Bonchev–Trinajstić information content (AvgIpc) is 2.64. The van der Waals surface area contributed by atoms with Gasteiger partial charge in [-0.3, -0.25) is 0 Å². The van der Waals surface area contributed by atoms with Crippen LogP contribution in [0.25, 0.3) is 0 Å². The Labute approximate surface area is 73.7 Å². The molecule has 0 N–H and O–H groups in total. The number of ether oxygens (including phenoxy) is 1. The van der Waals surface area contributed by atoms with Crippen molar-refractivity contribution in [3.05, 3.63) is 22.1 Å². The molecule has 2 nitrogen and oxygen atoms in total. The molecule has 60 valence electrons. The van der Waals surface area contributed by atoms with Gasteiger partial charge in [0.15, 0.2) is 4.67 Å². The second kappa shape index (κ2) is 2.64. The zero-order chi connectivity index (χ0) is 7.84. The lowest BCUT2D eigenvalue weighted by atomic mass is 10.2. The Bertz CT molecular complexity index is 263. The van der Waals surface area contributed by atoms with E-state index in [4.69, 9.17) is 9.15 Å². The molecule has 2 rings (SSSR count). The number of epoxide rings is 1. The first-order valence-electron chi connectivity index (χ1n) is 3.62. The monoisotopic (exact) mass is 216 g/mol. The van der Waals surface area contributed by atoms with Gasteiger partial charge < -0.3 is 9.15 Å². The Balaban J connectivity index is 2.14. The Hall–Kier alpha value is -0.280. The molecule has 2 heterocycles. The molecule has 3 heteroatoms. The highest BCUT2D eigenvalue weighted by Crippen LogP contribution is 2.24. The topological polar surface area (TPSA) is 25.7 Å². The zero-order valence-electron chi connectivity index (χ0n) is 6.26. The molecule has 0 aromatic carbocycles. The van der Waals surface area contributed by atoms with Crippen LogP contribution in [0.5, 0.6) is 0 Å². The molecule has 1 aromatic heterocycles. The van der Waals surface area contributed by atoms with E-state index >= 15 is 0 Å². The van der Waals surface area contributed by atoms with Gasteiger partial charge in [0.25, 0.3) is 0 Å². The van der Waals surface area contributed by atoms with Gasteiger partial charge in [0.05, 0.1) is 12.7 Å². The number of furan rings is 1. The maximum absolute atomic E-state index is 5.40. The molecule has 0 bridgehead atoms. The fourth-order valence-corrected chi connectivity index (χ4v) is 1.61. The lowest BCUT2D eigenvalue weighted by Crippen LogP contribution is -1.91. The highest BCUT2D eigenvalue weighted by Gasteiger charge is 2.25. The van der Waals surface area contributed by atoms with Crippen molar-refractivity contribution in [1.82, 2.24) is 0 Å². The Morgan fingerprint density at radius 1 is 1.73 bits per heavy atom. The predicted molar refractivity (Wildman–Crippen MR) is 44.6 cm³/mol. The van der Waals surface area contributed by atoms with Crippen molar-refractivity contribution in [3.63, 3.8) is 0 Å². The fourth-order valence-electron chi connectivity index (χ4n) is 1.07. The molecule has 0 spiro atoms. The summed E-state index contributed by atoms with van der Waals surface area (Å²) in [6, 6.07) is 1.98. The lowest BCUT2D eigenvalue weighted by molar-refractivity contribution is 0.384. The van der Waals surface area contributed by atoms with E-state index in [0.29, 0.717) is 6.10 Å². The first kappa shape index (κ1) is 7.37. The Morgan fingerprint density at radius 2 is 2.45 bits per heavy atom. The second-order valence-electron chi connectivity index (χ2n) is 2.82. The van der Waals surface area contributed by atoms with Crippen molar-refractivity contribution in [2.24, 2.45) is 0 Å². The van der Waals surface area contributed by atoms with Gasteiger partial charge in [-0.15, -0.1) is 0 Å². The molecule has 1 aliphatic rings. The molecular weight excluding hydrogens is 208 g/mol. The van der Waals surface area contributed by atoms with E-state index in [9.17, 15) is 0 Å². The fraction of sp³-hybridized carbons (Fsp3) is 0.500. The van der Waals surface area contributed by atoms with Crippen LogP contribution in [0.1, 0.15) is 11.3 Å². The summed E-state index contributed by atoms with van der Waals surface area (Å²) in [5, 5.41) is 0. The summed E-state index contributed by atoms with van der Waals surface area (Å²) >= 11 is 3.29. The molecule has 11 heavy (non-hydrogen) atoms. The third-order valence-electron chi connectivity index (χ3n) is 1.81. The summed E-state index contributed by atoms with van der Waals surface area (Å²) in [5.74, 6) is 1.04. The minimum Gasteiger partial charge on any atom is -0.454 e. The van der Waals surface area contributed by atoms with E-state index in [1.54, 1.807) is 0 Å². The highest BCUT2D eigenvalue weighted by molar-refractivity contribution is 9.10. The summed E-state index contributed by atoms with van der Waals surface area (Å²) in [6.45, 7) is 2.93. The smallest absolute Gasteiger partial charge is 0.169 e. The minimum atomic E-state index is 0.409. The molecule has 1 atom stereocenters. The van der Waals surface area contributed by atoms with Crippen molar-refractivity contribution >= 4 is 15.9 Å². The van der Waals surface area contributed by atoms with Gasteiger partial charge in [-0.05, 0) is 34.5 Å². The molecule has 0 aliphatic carbocycles. The van der Waals surface area contributed by atoms with Crippen molar-refractivity contribution in [1.29, 1.82) is 0 Å². The van der Waals surface area contributed by atoms with Crippen molar-refractivity contribution < 1.29 is 9.15 Å². The van der Waals surface area contributed by atoms with Crippen molar-refractivity contribution in [3.8, 4) is 0 Å². The van der Waals surface area contributed by atoms with Crippen molar-refractivity contribution in [2.45, 2.75) is 19.4 Å². The minimum absolute atomic E-state index is 0.409. The highest BCUT2D eigenvalue weighted by atomic mass is 79.9. The first-order chi connectivity index (χ1) is 5.25. The van der Waals surface area contributed by atoms with Crippen LogP contribution in [0.2, 0.25) is 0 Å². The average molecular weight is 217 g/mol. The van der Waals surface area contributed by atoms with Crippen LogP contribution in [0, 0.1) is 6.92 Å². The molecule has 1 unspecified atom stereocenters. The summed E-state index contributed by atoms with van der Waals surface area (Å²) in [7, 11) is 0. The molecule has 1 aromatic rings. The SMILES string of the molecule is Cc1cc(Br)oc1CC1CO1. The van der Waals surface area contributed by atoms with Crippen LogP contribution in [0.3, 0.4) is 0 Å². The van der Waals surface area contributed by atoms with E-state index in [0.717, 1.165) is 23.5 Å².